The molecule has 0 aromatic carbocycles. The fourth-order valence-corrected chi connectivity index (χ4v) is 0.564. The van der Waals surface area contributed by atoms with Gasteiger partial charge in [-0.25, -0.2) is 4.98 Å². The van der Waals surface area contributed by atoms with Gasteiger partial charge in [-0.3, -0.25) is 4.79 Å². The minimum absolute atomic E-state index is 0.0822. The molecule has 0 amide bonds. The molecule has 52 valence electrons. The predicted molar refractivity (Wildman–Crippen MR) is 37.2 cm³/mol. The highest BCUT2D eigenvalue weighted by atomic mass is 16.1. The summed E-state index contributed by atoms with van der Waals surface area (Å²) in [5.74, 6) is 0.0822. The van der Waals surface area contributed by atoms with Gasteiger partial charge in [0.25, 0.3) is 5.56 Å². The molecule has 0 aliphatic heterocycles. The van der Waals surface area contributed by atoms with E-state index in [1.54, 1.807) is 0 Å². The van der Waals surface area contributed by atoms with E-state index in [2.05, 4.69) is 9.97 Å². The van der Waals surface area contributed by atoms with E-state index in [4.69, 9.17) is 11.1 Å². The van der Waals surface area contributed by atoms with E-state index in [-0.39, 0.29) is 16.9 Å². The molecular formula is C5H6N4O. The first-order valence-electron chi connectivity index (χ1n) is 2.59. The van der Waals surface area contributed by atoms with Crippen LogP contribution in [0.1, 0.15) is 5.56 Å². The molecule has 0 aliphatic rings. The van der Waals surface area contributed by atoms with Crippen molar-refractivity contribution >= 4 is 12.0 Å². The molecule has 0 saturated carbocycles. The van der Waals surface area contributed by atoms with Gasteiger partial charge in [0.1, 0.15) is 5.82 Å². The quantitative estimate of drug-likeness (QED) is 0.450. The standard InChI is InChI=1S/C5H6N4O/c6-1-3-4(7)8-2-9-5(3)10/h1-2,6H,(H3,7,8,9,10). The first kappa shape index (κ1) is 6.47. The average Bonchev–Trinajstić information content (AvgIpc) is 1.88. The number of hydrogen-bond acceptors (Lipinski definition) is 4. The number of hydrogen-bond donors (Lipinski definition) is 3. The van der Waals surface area contributed by atoms with E-state index in [0.717, 1.165) is 6.21 Å². The number of rotatable bonds is 1. The second kappa shape index (κ2) is 2.30. The molecule has 0 atom stereocenters. The zero-order valence-electron chi connectivity index (χ0n) is 5.09. The molecule has 1 aromatic rings. The van der Waals surface area contributed by atoms with Crippen LogP contribution in [-0.4, -0.2) is 16.2 Å². The maximum absolute atomic E-state index is 10.7. The van der Waals surface area contributed by atoms with Gasteiger partial charge in [-0.2, -0.15) is 0 Å². The fourth-order valence-electron chi connectivity index (χ4n) is 0.564. The molecule has 0 unspecified atom stereocenters. The van der Waals surface area contributed by atoms with E-state index in [1.807, 2.05) is 0 Å². The molecular weight excluding hydrogens is 132 g/mol. The van der Waals surface area contributed by atoms with Crippen molar-refractivity contribution < 1.29 is 0 Å². The van der Waals surface area contributed by atoms with Crippen molar-refractivity contribution in [2.75, 3.05) is 5.73 Å². The maximum Gasteiger partial charge on any atom is 0.261 e. The molecule has 0 radical (unpaired) electrons. The van der Waals surface area contributed by atoms with Crippen LogP contribution in [0.5, 0.6) is 0 Å². The molecule has 4 N–H and O–H groups in total. The van der Waals surface area contributed by atoms with Gasteiger partial charge in [-0.05, 0) is 0 Å². The summed E-state index contributed by atoms with van der Waals surface area (Å²) in [4.78, 5) is 16.6. The normalized spacial score (nSPS) is 9.20. The molecule has 5 nitrogen and oxygen atoms in total. The Morgan fingerprint density at radius 2 is 2.50 bits per heavy atom. The zero-order valence-corrected chi connectivity index (χ0v) is 5.09. The van der Waals surface area contributed by atoms with Crippen molar-refractivity contribution in [2.24, 2.45) is 0 Å². The van der Waals surface area contributed by atoms with Crippen LogP contribution in [0, 0.1) is 5.41 Å². The van der Waals surface area contributed by atoms with Gasteiger partial charge in [0.05, 0.1) is 11.9 Å². The van der Waals surface area contributed by atoms with E-state index in [0.29, 0.717) is 0 Å². The van der Waals surface area contributed by atoms with E-state index in [1.165, 1.54) is 6.33 Å². The van der Waals surface area contributed by atoms with Gasteiger partial charge >= 0.3 is 0 Å². The summed E-state index contributed by atoms with van der Waals surface area (Å²) >= 11 is 0. The van der Waals surface area contributed by atoms with Crippen LogP contribution in [0.3, 0.4) is 0 Å². The number of nitrogens with one attached hydrogen (secondary N) is 2. The lowest BCUT2D eigenvalue weighted by atomic mass is 10.3. The Bertz CT molecular complexity index is 303. The molecule has 0 saturated heterocycles. The smallest absolute Gasteiger partial charge is 0.261 e. The predicted octanol–water partition coefficient (Wildman–Crippen LogP) is -0.650. The van der Waals surface area contributed by atoms with Gasteiger partial charge < -0.3 is 16.1 Å². The second-order valence-corrected chi connectivity index (χ2v) is 1.67. The van der Waals surface area contributed by atoms with Crippen molar-refractivity contribution in [1.82, 2.24) is 9.97 Å². The van der Waals surface area contributed by atoms with E-state index in [9.17, 15) is 4.79 Å². The Balaban J connectivity index is 3.45. The van der Waals surface area contributed by atoms with Crippen LogP contribution >= 0.6 is 0 Å². The van der Waals surface area contributed by atoms with Gasteiger partial charge in [-0.1, -0.05) is 0 Å². The summed E-state index contributed by atoms with van der Waals surface area (Å²) < 4.78 is 0. The van der Waals surface area contributed by atoms with Gasteiger partial charge in [-0.15, -0.1) is 0 Å². The van der Waals surface area contributed by atoms with Gasteiger partial charge in [0, 0.05) is 6.21 Å². The van der Waals surface area contributed by atoms with Crippen molar-refractivity contribution in [1.29, 1.82) is 5.41 Å². The molecule has 0 aliphatic carbocycles. The number of H-pyrrole nitrogens is 1. The molecule has 10 heavy (non-hydrogen) atoms. The third-order valence-electron chi connectivity index (χ3n) is 1.06. The second-order valence-electron chi connectivity index (χ2n) is 1.67. The highest BCUT2D eigenvalue weighted by Crippen LogP contribution is 1.93. The molecule has 1 rings (SSSR count). The molecule has 5 heteroatoms. The summed E-state index contributed by atoms with van der Waals surface area (Å²) in [7, 11) is 0. The Hall–Kier alpha value is -1.65. The van der Waals surface area contributed by atoms with Crippen molar-refractivity contribution in [3.63, 3.8) is 0 Å². The summed E-state index contributed by atoms with van der Waals surface area (Å²) in [6.45, 7) is 0. The van der Waals surface area contributed by atoms with Crippen LogP contribution < -0.4 is 11.3 Å². The molecule has 0 bridgehead atoms. The minimum atomic E-state index is -0.387. The largest absolute Gasteiger partial charge is 0.383 e. The van der Waals surface area contributed by atoms with Crippen LogP contribution in [0.4, 0.5) is 5.82 Å². The Morgan fingerprint density at radius 1 is 1.80 bits per heavy atom. The monoisotopic (exact) mass is 138 g/mol. The first-order chi connectivity index (χ1) is 4.75. The highest BCUT2D eigenvalue weighted by molar-refractivity contribution is 5.82. The molecule has 0 spiro atoms. The van der Waals surface area contributed by atoms with E-state index < -0.39 is 0 Å². The van der Waals surface area contributed by atoms with Crippen LogP contribution in [0.25, 0.3) is 0 Å². The fraction of sp³-hybridized carbons (Fsp3) is 0. The molecule has 1 heterocycles. The number of aromatic amines is 1. The molecule has 1 aromatic heterocycles. The summed E-state index contributed by atoms with van der Waals surface area (Å²) in [6.07, 6.45) is 2.08. The van der Waals surface area contributed by atoms with Gasteiger partial charge in [0.2, 0.25) is 0 Å². The number of nitrogens with zero attached hydrogens (tertiary/aromatic N) is 1. The number of nitrogen functional groups attached to an aromatic ring is 1. The third-order valence-corrected chi connectivity index (χ3v) is 1.06. The summed E-state index contributed by atoms with van der Waals surface area (Å²) in [6, 6.07) is 0. The van der Waals surface area contributed by atoms with Crippen LogP contribution in [-0.2, 0) is 0 Å². The topological polar surface area (TPSA) is 95.6 Å². The Morgan fingerprint density at radius 3 is 2.90 bits per heavy atom. The number of anilines is 1. The van der Waals surface area contributed by atoms with Crippen molar-refractivity contribution in [3.8, 4) is 0 Å². The summed E-state index contributed by atoms with van der Waals surface area (Å²) in [5.41, 5.74) is 4.96. The number of nitrogens with two attached hydrogens (primary N) is 1. The first-order valence-corrected chi connectivity index (χ1v) is 2.59. The van der Waals surface area contributed by atoms with Crippen LogP contribution in [0.2, 0.25) is 0 Å². The Kier molecular flexibility index (Phi) is 1.49. The van der Waals surface area contributed by atoms with Crippen LogP contribution in [0.15, 0.2) is 11.1 Å². The lowest BCUT2D eigenvalue weighted by molar-refractivity contribution is 1.12. The maximum atomic E-state index is 10.7. The van der Waals surface area contributed by atoms with Gasteiger partial charge in [0.15, 0.2) is 0 Å². The highest BCUT2D eigenvalue weighted by Gasteiger charge is 1.99. The molecule has 0 fully saturated rings. The average molecular weight is 138 g/mol. The lowest BCUT2D eigenvalue weighted by Gasteiger charge is -1.92. The van der Waals surface area contributed by atoms with E-state index >= 15 is 0 Å². The zero-order chi connectivity index (χ0) is 7.56. The summed E-state index contributed by atoms with van der Waals surface area (Å²) in [5, 5.41) is 6.76. The van der Waals surface area contributed by atoms with Crippen molar-refractivity contribution in [2.45, 2.75) is 0 Å². The Labute approximate surface area is 56.4 Å². The van der Waals surface area contributed by atoms with Crippen molar-refractivity contribution in [3.05, 3.63) is 22.2 Å². The number of aromatic nitrogens is 2. The third kappa shape index (κ3) is 0.883. The minimum Gasteiger partial charge on any atom is -0.383 e. The SMILES string of the molecule is N=Cc1c(N)nc[nH]c1=O. The lowest BCUT2D eigenvalue weighted by Crippen LogP contribution is -2.15.